The molecule has 18 heavy (non-hydrogen) atoms. The van der Waals surface area contributed by atoms with Crippen LogP contribution in [0.25, 0.3) is 10.9 Å². The lowest BCUT2D eigenvalue weighted by Gasteiger charge is -2.05. The van der Waals surface area contributed by atoms with Crippen molar-refractivity contribution in [2.75, 3.05) is 0 Å². The van der Waals surface area contributed by atoms with Crippen LogP contribution >= 0.6 is 0 Å². The van der Waals surface area contributed by atoms with Gasteiger partial charge in [-0.25, -0.2) is 0 Å². The number of fused-ring (bicyclic) bond motifs is 1. The number of hydrogen-bond donors (Lipinski definition) is 2. The summed E-state index contributed by atoms with van der Waals surface area (Å²) >= 11 is 0. The second-order valence-corrected chi connectivity index (χ2v) is 4.19. The van der Waals surface area contributed by atoms with Crippen molar-refractivity contribution >= 4 is 22.5 Å². The van der Waals surface area contributed by atoms with E-state index < -0.39 is 4.92 Å². The maximum Gasteiger partial charge on any atom is 0.272 e. The van der Waals surface area contributed by atoms with E-state index in [1.54, 1.807) is 0 Å². The zero-order valence-corrected chi connectivity index (χ0v) is 9.93. The van der Waals surface area contributed by atoms with Crippen LogP contribution in [0.15, 0.2) is 18.2 Å². The second-order valence-electron chi connectivity index (χ2n) is 4.19. The molecule has 0 aliphatic rings. The average Bonchev–Trinajstić information content (AvgIpc) is 2.70. The first-order valence-corrected chi connectivity index (χ1v) is 5.42. The number of aromatic nitrogens is 2. The van der Waals surface area contributed by atoms with E-state index in [2.05, 4.69) is 15.5 Å². The average molecular weight is 248 g/mol. The van der Waals surface area contributed by atoms with E-state index in [0.717, 1.165) is 0 Å². The molecule has 0 aliphatic heterocycles. The smallest absolute Gasteiger partial charge is 0.272 e. The van der Waals surface area contributed by atoms with Gasteiger partial charge in [0.05, 0.1) is 10.4 Å². The first-order chi connectivity index (χ1) is 8.49. The van der Waals surface area contributed by atoms with Gasteiger partial charge in [0, 0.05) is 23.6 Å². The number of hydrogen-bond acceptors (Lipinski definition) is 4. The van der Waals surface area contributed by atoms with Gasteiger partial charge in [-0.2, -0.15) is 5.10 Å². The van der Waals surface area contributed by atoms with Gasteiger partial charge in [-0.3, -0.25) is 20.0 Å². The summed E-state index contributed by atoms with van der Waals surface area (Å²) in [6, 6.07) is 4.22. The predicted molar refractivity (Wildman–Crippen MR) is 65.4 cm³/mol. The van der Waals surface area contributed by atoms with Crippen molar-refractivity contribution in [1.29, 1.82) is 0 Å². The normalized spacial score (nSPS) is 10.8. The van der Waals surface area contributed by atoms with Gasteiger partial charge in [0.25, 0.3) is 11.6 Å². The number of H-pyrrole nitrogens is 1. The molecule has 1 heterocycles. The predicted octanol–water partition coefficient (Wildman–Crippen LogP) is 1.61. The van der Waals surface area contributed by atoms with Gasteiger partial charge < -0.3 is 5.32 Å². The Bertz CT molecular complexity index is 618. The Labute approximate surface area is 102 Å². The van der Waals surface area contributed by atoms with Crippen LogP contribution in [0.4, 0.5) is 5.69 Å². The monoisotopic (exact) mass is 248 g/mol. The Morgan fingerprint density at radius 1 is 1.50 bits per heavy atom. The molecule has 0 saturated heterocycles. The lowest BCUT2D eigenvalue weighted by atomic mass is 10.2. The highest BCUT2D eigenvalue weighted by molar-refractivity contribution is 6.05. The molecule has 0 saturated carbocycles. The van der Waals surface area contributed by atoms with E-state index in [0.29, 0.717) is 10.9 Å². The van der Waals surface area contributed by atoms with Crippen molar-refractivity contribution < 1.29 is 9.72 Å². The Kier molecular flexibility index (Phi) is 2.97. The summed E-state index contributed by atoms with van der Waals surface area (Å²) in [6.07, 6.45) is 0. The Hall–Kier alpha value is -2.44. The zero-order chi connectivity index (χ0) is 13.3. The van der Waals surface area contributed by atoms with E-state index in [9.17, 15) is 14.9 Å². The van der Waals surface area contributed by atoms with Crippen molar-refractivity contribution in [3.8, 4) is 0 Å². The summed E-state index contributed by atoms with van der Waals surface area (Å²) in [5.74, 6) is -0.350. The molecule has 0 bridgehead atoms. The number of aromatic amines is 1. The van der Waals surface area contributed by atoms with Crippen LogP contribution in [-0.2, 0) is 0 Å². The molecular weight excluding hydrogens is 236 g/mol. The fourth-order valence-electron chi connectivity index (χ4n) is 1.62. The SMILES string of the molecule is CC(C)NC(=O)c1n[nH]c2ccc([N+](=O)[O-])cc12. The van der Waals surface area contributed by atoms with Gasteiger partial charge in [0.2, 0.25) is 0 Å². The third-order valence-electron chi connectivity index (χ3n) is 2.39. The molecule has 2 rings (SSSR count). The third-order valence-corrected chi connectivity index (χ3v) is 2.39. The Morgan fingerprint density at radius 2 is 2.22 bits per heavy atom. The number of benzene rings is 1. The summed E-state index contributed by atoms with van der Waals surface area (Å²) in [4.78, 5) is 22.0. The summed E-state index contributed by atoms with van der Waals surface area (Å²) in [5.41, 5.74) is 0.694. The van der Waals surface area contributed by atoms with E-state index in [-0.39, 0.29) is 23.3 Å². The third kappa shape index (κ3) is 2.15. The van der Waals surface area contributed by atoms with Crippen molar-refractivity contribution in [3.63, 3.8) is 0 Å². The molecule has 0 atom stereocenters. The van der Waals surface area contributed by atoms with Crippen molar-refractivity contribution in [2.24, 2.45) is 0 Å². The lowest BCUT2D eigenvalue weighted by molar-refractivity contribution is -0.384. The van der Waals surface area contributed by atoms with Crippen molar-refractivity contribution in [3.05, 3.63) is 34.0 Å². The van der Waals surface area contributed by atoms with Gasteiger partial charge in [0.15, 0.2) is 5.69 Å². The Balaban J connectivity index is 2.48. The number of nitrogens with zero attached hydrogens (tertiary/aromatic N) is 2. The largest absolute Gasteiger partial charge is 0.348 e. The van der Waals surface area contributed by atoms with Crippen LogP contribution in [0.3, 0.4) is 0 Å². The minimum absolute atomic E-state index is 0.0250. The van der Waals surface area contributed by atoms with E-state index in [1.807, 2.05) is 13.8 Å². The number of nitro benzene ring substituents is 1. The van der Waals surface area contributed by atoms with Gasteiger partial charge in [-0.15, -0.1) is 0 Å². The van der Waals surface area contributed by atoms with E-state index in [4.69, 9.17) is 0 Å². The topological polar surface area (TPSA) is 101 Å². The summed E-state index contributed by atoms with van der Waals surface area (Å²) in [6.45, 7) is 3.66. The molecule has 0 aliphatic carbocycles. The molecule has 7 nitrogen and oxygen atoms in total. The number of carbonyl (C=O) groups is 1. The molecule has 2 aromatic rings. The molecule has 0 unspecified atom stereocenters. The number of rotatable bonds is 3. The fourth-order valence-corrected chi connectivity index (χ4v) is 1.62. The highest BCUT2D eigenvalue weighted by Gasteiger charge is 2.17. The maximum atomic E-state index is 11.8. The molecule has 94 valence electrons. The lowest BCUT2D eigenvalue weighted by Crippen LogP contribution is -2.30. The maximum absolute atomic E-state index is 11.8. The quantitative estimate of drug-likeness (QED) is 0.636. The van der Waals surface area contributed by atoms with Crippen LogP contribution < -0.4 is 5.32 Å². The minimum atomic E-state index is -0.503. The highest BCUT2D eigenvalue weighted by atomic mass is 16.6. The molecule has 1 aromatic heterocycles. The van der Waals surface area contributed by atoms with Gasteiger partial charge in [-0.1, -0.05) is 0 Å². The second kappa shape index (κ2) is 4.44. The first kappa shape index (κ1) is 12.0. The number of nitro groups is 1. The van der Waals surface area contributed by atoms with Gasteiger partial charge in [-0.05, 0) is 19.9 Å². The van der Waals surface area contributed by atoms with Gasteiger partial charge >= 0.3 is 0 Å². The van der Waals surface area contributed by atoms with Crippen molar-refractivity contribution in [2.45, 2.75) is 19.9 Å². The molecule has 1 aromatic carbocycles. The molecule has 0 spiro atoms. The number of carbonyl (C=O) groups excluding carboxylic acids is 1. The van der Waals surface area contributed by atoms with E-state index >= 15 is 0 Å². The molecular formula is C11H12N4O3. The summed E-state index contributed by atoms with van der Waals surface area (Å²) in [5, 5.41) is 20.4. The Morgan fingerprint density at radius 3 is 2.83 bits per heavy atom. The fraction of sp³-hybridized carbons (Fsp3) is 0.273. The minimum Gasteiger partial charge on any atom is -0.348 e. The summed E-state index contributed by atoms with van der Waals surface area (Å²) < 4.78 is 0. The van der Waals surface area contributed by atoms with Crippen LogP contribution in [0, 0.1) is 10.1 Å². The van der Waals surface area contributed by atoms with Gasteiger partial charge in [0.1, 0.15) is 0 Å². The molecule has 2 N–H and O–H groups in total. The molecule has 1 amide bonds. The van der Waals surface area contributed by atoms with Crippen LogP contribution in [0.5, 0.6) is 0 Å². The highest BCUT2D eigenvalue weighted by Crippen LogP contribution is 2.21. The zero-order valence-electron chi connectivity index (χ0n) is 9.93. The van der Waals surface area contributed by atoms with Crippen LogP contribution in [0.2, 0.25) is 0 Å². The van der Waals surface area contributed by atoms with Crippen molar-refractivity contribution in [1.82, 2.24) is 15.5 Å². The molecule has 0 fully saturated rings. The number of amides is 1. The number of non-ortho nitro benzene ring substituents is 1. The number of nitrogens with one attached hydrogen (secondary N) is 2. The molecule has 0 radical (unpaired) electrons. The standard InChI is InChI=1S/C11H12N4O3/c1-6(2)12-11(16)10-8-5-7(15(17)18)3-4-9(8)13-14-10/h3-6H,1-2H3,(H,12,16)(H,13,14). The molecule has 7 heteroatoms. The van der Waals surface area contributed by atoms with E-state index in [1.165, 1.54) is 18.2 Å². The first-order valence-electron chi connectivity index (χ1n) is 5.42. The summed E-state index contributed by atoms with van der Waals surface area (Å²) in [7, 11) is 0. The van der Waals surface area contributed by atoms with Crippen LogP contribution in [-0.4, -0.2) is 27.1 Å². The van der Waals surface area contributed by atoms with Crippen LogP contribution in [0.1, 0.15) is 24.3 Å².